The van der Waals surface area contributed by atoms with Crippen LogP contribution < -0.4 is 10.6 Å². The Morgan fingerprint density at radius 3 is 2.57 bits per heavy atom. The van der Waals surface area contributed by atoms with E-state index in [4.69, 9.17) is 11.6 Å². The van der Waals surface area contributed by atoms with Crippen LogP contribution in [0.15, 0.2) is 58.7 Å². The molecular weight excluding hydrogens is 403 g/mol. The molecule has 0 aliphatic carbocycles. The SMILES string of the molecule is C/C(=N/N=C1\NC(=O)C(CC(=O)Nc2ccc(Cl)cc2)S1)c1ccc(F)cc1. The van der Waals surface area contributed by atoms with Gasteiger partial charge in [-0.2, -0.15) is 5.10 Å². The molecule has 1 unspecified atom stereocenters. The highest BCUT2D eigenvalue weighted by atomic mass is 35.5. The lowest BCUT2D eigenvalue weighted by Crippen LogP contribution is -2.28. The van der Waals surface area contributed by atoms with Crippen LogP contribution in [-0.4, -0.2) is 27.9 Å². The van der Waals surface area contributed by atoms with Crippen molar-refractivity contribution in [3.63, 3.8) is 0 Å². The minimum atomic E-state index is -0.590. The molecule has 2 amide bonds. The Bertz CT molecular complexity index is 945. The summed E-state index contributed by atoms with van der Waals surface area (Å²) >= 11 is 6.95. The molecule has 0 bridgehead atoms. The van der Waals surface area contributed by atoms with E-state index in [0.29, 0.717) is 21.6 Å². The van der Waals surface area contributed by atoms with E-state index < -0.39 is 5.25 Å². The second-order valence-corrected chi connectivity index (χ2v) is 7.58. The average Bonchev–Trinajstić information content (AvgIpc) is 3.01. The molecule has 0 spiro atoms. The van der Waals surface area contributed by atoms with Gasteiger partial charge in [-0.25, -0.2) is 4.39 Å². The first-order chi connectivity index (χ1) is 13.4. The number of amidine groups is 1. The van der Waals surface area contributed by atoms with E-state index >= 15 is 0 Å². The summed E-state index contributed by atoms with van der Waals surface area (Å²) in [6.07, 6.45) is -0.00119. The molecule has 1 fully saturated rings. The summed E-state index contributed by atoms with van der Waals surface area (Å²) in [6, 6.07) is 12.6. The number of carbonyl (C=O) groups excluding carboxylic acids is 2. The van der Waals surface area contributed by atoms with Gasteiger partial charge in [0.1, 0.15) is 11.1 Å². The smallest absolute Gasteiger partial charge is 0.240 e. The lowest BCUT2D eigenvalue weighted by molar-refractivity contribution is -0.122. The molecule has 2 N–H and O–H groups in total. The molecule has 1 aliphatic rings. The van der Waals surface area contributed by atoms with Gasteiger partial charge in [0.25, 0.3) is 0 Å². The van der Waals surface area contributed by atoms with Crippen molar-refractivity contribution in [3.8, 4) is 0 Å². The molecule has 2 aromatic rings. The number of nitrogens with one attached hydrogen (secondary N) is 2. The van der Waals surface area contributed by atoms with Crippen molar-refractivity contribution in [2.45, 2.75) is 18.6 Å². The molecule has 1 aliphatic heterocycles. The topological polar surface area (TPSA) is 82.9 Å². The number of hydrogen-bond acceptors (Lipinski definition) is 5. The van der Waals surface area contributed by atoms with Crippen molar-refractivity contribution in [1.82, 2.24) is 5.32 Å². The highest BCUT2D eigenvalue weighted by Gasteiger charge is 2.32. The Morgan fingerprint density at radius 1 is 1.21 bits per heavy atom. The number of amides is 2. The van der Waals surface area contributed by atoms with Gasteiger partial charge in [0, 0.05) is 17.1 Å². The van der Waals surface area contributed by atoms with Crippen molar-refractivity contribution < 1.29 is 14.0 Å². The quantitative estimate of drug-likeness (QED) is 0.572. The van der Waals surface area contributed by atoms with Crippen LogP contribution in [0.2, 0.25) is 5.02 Å². The highest BCUT2D eigenvalue weighted by molar-refractivity contribution is 8.15. The number of rotatable bonds is 5. The average molecular weight is 419 g/mol. The molecular formula is C19H16ClFN4O2S. The minimum Gasteiger partial charge on any atom is -0.326 e. The first-order valence-electron chi connectivity index (χ1n) is 8.32. The van der Waals surface area contributed by atoms with Gasteiger partial charge in [0.05, 0.1) is 5.71 Å². The molecule has 1 atom stereocenters. The molecule has 0 radical (unpaired) electrons. The standard InChI is InChI=1S/C19H16ClFN4O2S/c1-11(12-2-6-14(21)7-3-12)24-25-19-23-18(27)16(28-19)10-17(26)22-15-8-4-13(20)5-9-15/h2-9,16H,10H2,1H3,(H,22,26)(H,23,25,27)/b24-11-. The third-order valence-corrected chi connectivity index (χ3v) is 5.15. The third kappa shape index (κ3) is 5.40. The van der Waals surface area contributed by atoms with Crippen LogP contribution in [0.5, 0.6) is 0 Å². The van der Waals surface area contributed by atoms with Crippen LogP contribution in [0.3, 0.4) is 0 Å². The minimum absolute atomic E-state index is 0.00119. The summed E-state index contributed by atoms with van der Waals surface area (Å²) in [4.78, 5) is 24.2. The van der Waals surface area contributed by atoms with Crippen molar-refractivity contribution in [2.75, 3.05) is 5.32 Å². The van der Waals surface area contributed by atoms with E-state index in [-0.39, 0.29) is 24.1 Å². The van der Waals surface area contributed by atoms with Crippen molar-refractivity contribution in [1.29, 1.82) is 0 Å². The van der Waals surface area contributed by atoms with E-state index in [1.807, 2.05) is 0 Å². The van der Waals surface area contributed by atoms with E-state index in [1.54, 1.807) is 43.3 Å². The van der Waals surface area contributed by atoms with Crippen LogP contribution in [0.25, 0.3) is 0 Å². The van der Waals surface area contributed by atoms with Gasteiger partial charge in [-0.15, -0.1) is 5.10 Å². The molecule has 6 nitrogen and oxygen atoms in total. The van der Waals surface area contributed by atoms with Crippen LogP contribution in [-0.2, 0) is 9.59 Å². The first kappa shape index (κ1) is 20.0. The fraction of sp³-hybridized carbons (Fsp3) is 0.158. The summed E-state index contributed by atoms with van der Waals surface area (Å²) in [5, 5.41) is 13.7. The van der Waals surface area contributed by atoms with Gasteiger partial charge in [0.2, 0.25) is 11.8 Å². The number of halogens is 2. The van der Waals surface area contributed by atoms with Gasteiger partial charge >= 0.3 is 0 Å². The van der Waals surface area contributed by atoms with E-state index in [2.05, 4.69) is 20.8 Å². The van der Waals surface area contributed by atoms with Crippen LogP contribution in [0.4, 0.5) is 10.1 Å². The number of benzene rings is 2. The molecule has 3 rings (SSSR count). The van der Waals surface area contributed by atoms with Crippen LogP contribution in [0, 0.1) is 5.82 Å². The number of thioether (sulfide) groups is 1. The highest BCUT2D eigenvalue weighted by Crippen LogP contribution is 2.23. The first-order valence-corrected chi connectivity index (χ1v) is 9.57. The summed E-state index contributed by atoms with van der Waals surface area (Å²) in [6.45, 7) is 1.73. The Balaban J connectivity index is 1.58. The van der Waals surface area contributed by atoms with Gasteiger partial charge < -0.3 is 10.6 Å². The largest absolute Gasteiger partial charge is 0.326 e. The van der Waals surface area contributed by atoms with Crippen molar-refractivity contribution in [2.24, 2.45) is 10.2 Å². The maximum absolute atomic E-state index is 13.0. The molecule has 1 saturated heterocycles. The lowest BCUT2D eigenvalue weighted by Gasteiger charge is -2.07. The van der Waals surface area contributed by atoms with Gasteiger partial charge in [-0.3, -0.25) is 9.59 Å². The van der Waals surface area contributed by atoms with Crippen LogP contribution >= 0.6 is 23.4 Å². The second-order valence-electron chi connectivity index (χ2n) is 5.95. The Kier molecular flexibility index (Phi) is 6.43. The maximum atomic E-state index is 13.0. The molecule has 144 valence electrons. The molecule has 9 heteroatoms. The normalized spacial score (nSPS) is 18.2. The predicted molar refractivity (Wildman–Crippen MR) is 110 cm³/mol. The monoisotopic (exact) mass is 418 g/mol. The summed E-state index contributed by atoms with van der Waals surface area (Å²) in [7, 11) is 0. The van der Waals surface area contributed by atoms with Crippen molar-refractivity contribution in [3.05, 3.63) is 64.9 Å². The van der Waals surface area contributed by atoms with E-state index in [9.17, 15) is 14.0 Å². The van der Waals surface area contributed by atoms with E-state index in [0.717, 1.165) is 17.3 Å². The fourth-order valence-corrected chi connectivity index (χ4v) is 3.41. The molecule has 0 saturated carbocycles. The summed E-state index contributed by atoms with van der Waals surface area (Å²) < 4.78 is 13.0. The molecule has 2 aromatic carbocycles. The van der Waals surface area contributed by atoms with Gasteiger partial charge in [-0.1, -0.05) is 35.5 Å². The van der Waals surface area contributed by atoms with Gasteiger partial charge in [0.15, 0.2) is 5.17 Å². The Hall–Kier alpha value is -2.71. The Morgan fingerprint density at radius 2 is 1.89 bits per heavy atom. The maximum Gasteiger partial charge on any atom is 0.240 e. The lowest BCUT2D eigenvalue weighted by atomic mass is 10.1. The number of nitrogens with zero attached hydrogens (tertiary/aromatic N) is 2. The number of carbonyl (C=O) groups is 2. The zero-order valence-corrected chi connectivity index (χ0v) is 16.4. The second kappa shape index (κ2) is 8.99. The van der Waals surface area contributed by atoms with Gasteiger partial charge in [-0.05, 0) is 48.9 Å². The fourth-order valence-electron chi connectivity index (χ4n) is 2.37. The van der Waals surface area contributed by atoms with Crippen molar-refractivity contribution >= 4 is 51.7 Å². The molecule has 1 heterocycles. The molecule has 28 heavy (non-hydrogen) atoms. The zero-order valence-electron chi connectivity index (χ0n) is 14.8. The van der Waals surface area contributed by atoms with Crippen LogP contribution in [0.1, 0.15) is 18.9 Å². The number of hydrogen-bond donors (Lipinski definition) is 2. The molecule has 0 aromatic heterocycles. The predicted octanol–water partition coefficient (Wildman–Crippen LogP) is 3.82. The summed E-state index contributed by atoms with van der Waals surface area (Å²) in [5.41, 5.74) is 1.90. The zero-order chi connectivity index (χ0) is 20.1. The third-order valence-electron chi connectivity index (χ3n) is 3.83. The number of anilines is 1. The van der Waals surface area contributed by atoms with E-state index in [1.165, 1.54) is 12.1 Å². The summed E-state index contributed by atoms with van der Waals surface area (Å²) in [5.74, 6) is -0.923. The Labute approximate surface area is 170 Å².